The Bertz CT molecular complexity index is 770. The van der Waals surface area contributed by atoms with Crippen molar-refractivity contribution in [3.63, 3.8) is 0 Å². The van der Waals surface area contributed by atoms with Crippen LogP contribution >= 0.6 is 0 Å². The minimum absolute atomic E-state index is 0.0373. The first kappa shape index (κ1) is 18.2. The average Bonchev–Trinajstić information content (AvgIpc) is 3.09. The average molecular weight is 351 g/mol. The van der Waals surface area contributed by atoms with Gasteiger partial charge in [-0.15, -0.1) is 0 Å². The van der Waals surface area contributed by atoms with Crippen molar-refractivity contribution in [1.82, 2.24) is 4.90 Å². The standard InChI is InChI=1S/C22H25NO3/c1-15-8-10-17(11-9-15)12-16(2)21(24)23-13-19(20(14-23)22(25)26)18-6-4-3-5-7-18/h3-11,16,19-20H,12-14H2,1-2H3,(H,25,26). The third-order valence-electron chi connectivity index (χ3n) is 5.26. The number of rotatable bonds is 5. The van der Waals surface area contributed by atoms with E-state index in [9.17, 15) is 14.7 Å². The highest BCUT2D eigenvalue weighted by Crippen LogP contribution is 2.33. The van der Waals surface area contributed by atoms with E-state index in [-0.39, 0.29) is 24.3 Å². The monoisotopic (exact) mass is 351 g/mol. The maximum atomic E-state index is 12.9. The van der Waals surface area contributed by atoms with Gasteiger partial charge in [0.1, 0.15) is 0 Å². The number of aliphatic carboxylic acids is 1. The van der Waals surface area contributed by atoms with Gasteiger partial charge in [-0.2, -0.15) is 0 Å². The first-order valence-corrected chi connectivity index (χ1v) is 9.07. The number of hydrogen-bond acceptors (Lipinski definition) is 2. The number of carbonyl (C=O) groups excluding carboxylic acids is 1. The van der Waals surface area contributed by atoms with Crippen molar-refractivity contribution in [2.24, 2.45) is 11.8 Å². The summed E-state index contributed by atoms with van der Waals surface area (Å²) >= 11 is 0. The molecule has 0 radical (unpaired) electrons. The Labute approximate surface area is 154 Å². The fourth-order valence-corrected chi connectivity index (χ4v) is 3.75. The van der Waals surface area contributed by atoms with Crippen LogP contribution in [0.1, 0.15) is 29.5 Å². The maximum absolute atomic E-state index is 12.9. The molecule has 1 fully saturated rings. The van der Waals surface area contributed by atoms with Crippen molar-refractivity contribution in [2.75, 3.05) is 13.1 Å². The number of carbonyl (C=O) groups is 2. The molecule has 3 unspecified atom stereocenters. The van der Waals surface area contributed by atoms with E-state index >= 15 is 0 Å². The van der Waals surface area contributed by atoms with Gasteiger partial charge in [0.15, 0.2) is 0 Å². The molecule has 1 saturated heterocycles. The molecule has 26 heavy (non-hydrogen) atoms. The lowest BCUT2D eigenvalue weighted by molar-refractivity contribution is -0.142. The molecule has 0 aliphatic carbocycles. The number of amides is 1. The largest absolute Gasteiger partial charge is 0.481 e. The summed E-state index contributed by atoms with van der Waals surface area (Å²) in [5.41, 5.74) is 3.31. The summed E-state index contributed by atoms with van der Waals surface area (Å²) in [7, 11) is 0. The van der Waals surface area contributed by atoms with Crippen LogP contribution in [-0.4, -0.2) is 35.0 Å². The molecule has 1 aliphatic rings. The normalized spacial score (nSPS) is 20.8. The molecule has 1 heterocycles. The second-order valence-electron chi connectivity index (χ2n) is 7.30. The lowest BCUT2D eigenvalue weighted by Gasteiger charge is -2.21. The Morgan fingerprint density at radius 1 is 1.08 bits per heavy atom. The molecule has 2 aromatic rings. The van der Waals surface area contributed by atoms with Gasteiger partial charge in [0.2, 0.25) is 5.91 Å². The van der Waals surface area contributed by atoms with Crippen molar-refractivity contribution in [2.45, 2.75) is 26.2 Å². The van der Waals surface area contributed by atoms with Crippen LogP contribution in [0.25, 0.3) is 0 Å². The third kappa shape index (κ3) is 3.96. The lowest BCUT2D eigenvalue weighted by Crippen LogP contribution is -2.35. The summed E-state index contributed by atoms with van der Waals surface area (Å²) in [6.45, 7) is 4.72. The van der Waals surface area contributed by atoms with E-state index in [0.717, 1.165) is 11.1 Å². The summed E-state index contributed by atoms with van der Waals surface area (Å²) in [5.74, 6) is -1.66. The molecule has 0 aromatic heterocycles. The number of aryl methyl sites for hydroxylation is 1. The summed E-state index contributed by atoms with van der Waals surface area (Å²) in [4.78, 5) is 26.3. The van der Waals surface area contributed by atoms with Gasteiger partial charge in [-0.05, 0) is 24.5 Å². The maximum Gasteiger partial charge on any atom is 0.308 e. The number of nitrogens with zero attached hydrogens (tertiary/aromatic N) is 1. The second kappa shape index (κ2) is 7.73. The van der Waals surface area contributed by atoms with Crippen LogP contribution < -0.4 is 0 Å². The molecule has 1 aliphatic heterocycles. The number of benzene rings is 2. The third-order valence-corrected chi connectivity index (χ3v) is 5.26. The van der Waals surface area contributed by atoms with Crippen molar-refractivity contribution in [3.8, 4) is 0 Å². The number of likely N-dealkylation sites (tertiary alicyclic amines) is 1. The molecule has 4 heteroatoms. The van der Waals surface area contributed by atoms with E-state index in [4.69, 9.17) is 0 Å². The van der Waals surface area contributed by atoms with Gasteiger partial charge < -0.3 is 10.0 Å². The minimum atomic E-state index is -0.833. The van der Waals surface area contributed by atoms with Crippen LogP contribution in [0.3, 0.4) is 0 Å². The van der Waals surface area contributed by atoms with Crippen molar-refractivity contribution in [3.05, 3.63) is 71.3 Å². The van der Waals surface area contributed by atoms with Crippen LogP contribution in [0.2, 0.25) is 0 Å². The van der Waals surface area contributed by atoms with Gasteiger partial charge in [0.05, 0.1) is 5.92 Å². The number of carboxylic acids is 1. The van der Waals surface area contributed by atoms with E-state index < -0.39 is 11.9 Å². The van der Waals surface area contributed by atoms with E-state index in [1.807, 2.05) is 56.3 Å². The Balaban J connectivity index is 1.71. The van der Waals surface area contributed by atoms with Gasteiger partial charge >= 0.3 is 5.97 Å². The predicted octanol–water partition coefficient (Wildman–Crippen LogP) is 3.50. The first-order valence-electron chi connectivity index (χ1n) is 9.07. The van der Waals surface area contributed by atoms with Crippen molar-refractivity contribution < 1.29 is 14.7 Å². The molecule has 136 valence electrons. The fourth-order valence-electron chi connectivity index (χ4n) is 3.75. The molecule has 0 bridgehead atoms. The van der Waals surface area contributed by atoms with Crippen molar-refractivity contribution in [1.29, 1.82) is 0 Å². The van der Waals surface area contributed by atoms with Crippen molar-refractivity contribution >= 4 is 11.9 Å². The minimum Gasteiger partial charge on any atom is -0.481 e. The molecule has 4 nitrogen and oxygen atoms in total. The van der Waals surface area contributed by atoms with Crippen LogP contribution in [0.4, 0.5) is 0 Å². The highest BCUT2D eigenvalue weighted by molar-refractivity contribution is 5.81. The molecule has 3 atom stereocenters. The van der Waals surface area contributed by atoms with Gasteiger partial charge in [-0.1, -0.05) is 67.1 Å². The zero-order chi connectivity index (χ0) is 18.7. The Kier molecular flexibility index (Phi) is 5.40. The molecule has 1 amide bonds. The quantitative estimate of drug-likeness (QED) is 0.897. The Hall–Kier alpha value is -2.62. The molecule has 0 saturated carbocycles. The lowest BCUT2D eigenvalue weighted by atomic mass is 9.89. The van der Waals surface area contributed by atoms with E-state index in [1.165, 1.54) is 5.56 Å². The van der Waals surface area contributed by atoms with Gasteiger partial charge in [-0.3, -0.25) is 9.59 Å². The number of carboxylic acid groups (broad SMARTS) is 1. The predicted molar refractivity (Wildman–Crippen MR) is 101 cm³/mol. The molecule has 0 spiro atoms. The molecule has 1 N–H and O–H groups in total. The SMILES string of the molecule is Cc1ccc(CC(C)C(=O)N2CC(C(=O)O)C(c3ccccc3)C2)cc1. The number of hydrogen-bond donors (Lipinski definition) is 1. The van der Waals surface area contributed by atoms with Gasteiger partial charge in [-0.25, -0.2) is 0 Å². The molecular weight excluding hydrogens is 326 g/mol. The van der Waals surface area contributed by atoms with E-state index in [2.05, 4.69) is 12.1 Å². The van der Waals surface area contributed by atoms with Crippen LogP contribution in [0.5, 0.6) is 0 Å². The van der Waals surface area contributed by atoms with Crippen LogP contribution in [-0.2, 0) is 16.0 Å². The fraction of sp³-hybridized carbons (Fsp3) is 0.364. The Morgan fingerprint density at radius 2 is 1.73 bits per heavy atom. The topological polar surface area (TPSA) is 57.6 Å². The smallest absolute Gasteiger partial charge is 0.308 e. The molecule has 2 aromatic carbocycles. The summed E-state index contributed by atoms with van der Waals surface area (Å²) in [5, 5.41) is 9.61. The van der Waals surface area contributed by atoms with Gasteiger partial charge in [0.25, 0.3) is 0 Å². The second-order valence-corrected chi connectivity index (χ2v) is 7.30. The molecule has 3 rings (SSSR count). The molecular formula is C22H25NO3. The highest BCUT2D eigenvalue weighted by Gasteiger charge is 2.41. The summed E-state index contributed by atoms with van der Waals surface area (Å²) in [6, 6.07) is 17.8. The van der Waals surface area contributed by atoms with Crippen LogP contribution in [0.15, 0.2) is 54.6 Å². The highest BCUT2D eigenvalue weighted by atomic mass is 16.4. The van der Waals surface area contributed by atoms with Gasteiger partial charge in [0, 0.05) is 24.9 Å². The van der Waals surface area contributed by atoms with Crippen LogP contribution in [0, 0.1) is 18.8 Å². The zero-order valence-corrected chi connectivity index (χ0v) is 15.3. The Morgan fingerprint density at radius 3 is 2.35 bits per heavy atom. The summed E-state index contributed by atoms with van der Waals surface area (Å²) < 4.78 is 0. The van der Waals surface area contributed by atoms with E-state index in [0.29, 0.717) is 13.0 Å². The summed E-state index contributed by atoms with van der Waals surface area (Å²) in [6.07, 6.45) is 0.670. The zero-order valence-electron chi connectivity index (χ0n) is 15.3. The van der Waals surface area contributed by atoms with E-state index in [1.54, 1.807) is 4.90 Å². The first-order chi connectivity index (χ1) is 12.5.